The third-order valence-electron chi connectivity index (χ3n) is 7.96. The zero-order valence-corrected chi connectivity index (χ0v) is 25.1. The maximum absolute atomic E-state index is 15.9. The van der Waals surface area contributed by atoms with Crippen molar-refractivity contribution >= 4 is 56.8 Å². The van der Waals surface area contributed by atoms with Gasteiger partial charge in [0.15, 0.2) is 11.6 Å². The summed E-state index contributed by atoms with van der Waals surface area (Å²) >= 11 is 6.68. The molecule has 10 nitrogen and oxygen atoms in total. The van der Waals surface area contributed by atoms with E-state index >= 15 is 4.39 Å². The number of alkyl halides is 1. The van der Waals surface area contributed by atoms with Gasteiger partial charge < -0.3 is 20.9 Å². The molecule has 1 saturated heterocycles. The van der Waals surface area contributed by atoms with Crippen LogP contribution in [0.4, 0.5) is 14.5 Å². The van der Waals surface area contributed by atoms with Gasteiger partial charge in [0.25, 0.3) is 0 Å². The Bertz CT molecular complexity index is 1960. The summed E-state index contributed by atoms with van der Waals surface area (Å²) in [6, 6.07) is 13.7. The van der Waals surface area contributed by atoms with E-state index in [-0.39, 0.29) is 47.3 Å². The maximum Gasteiger partial charge on any atom is 0.247 e. The van der Waals surface area contributed by atoms with Gasteiger partial charge in [-0.2, -0.15) is 5.10 Å². The molecule has 0 spiro atoms. The van der Waals surface area contributed by atoms with Gasteiger partial charge in [-0.15, -0.1) is 0 Å². The second kappa shape index (κ2) is 12.4. The number of aromatic amines is 1. The molecule has 232 valence electrons. The van der Waals surface area contributed by atoms with E-state index in [0.717, 1.165) is 17.1 Å². The molecule has 1 fully saturated rings. The molecule has 2 aromatic heterocycles. The Morgan fingerprint density at radius 1 is 1.11 bits per heavy atom. The highest BCUT2D eigenvalue weighted by molar-refractivity contribution is 6.37. The highest BCUT2D eigenvalue weighted by atomic mass is 35.5. The fraction of sp³-hybridized carbons (Fsp3) is 0.281. The fourth-order valence-electron chi connectivity index (χ4n) is 5.78. The van der Waals surface area contributed by atoms with Crippen LogP contribution in [0.15, 0.2) is 54.6 Å². The molecule has 1 aliphatic rings. The van der Waals surface area contributed by atoms with Crippen LogP contribution in [0.5, 0.6) is 0 Å². The van der Waals surface area contributed by atoms with Gasteiger partial charge in [0.2, 0.25) is 11.8 Å². The summed E-state index contributed by atoms with van der Waals surface area (Å²) in [4.78, 5) is 47.8. The number of halogens is 3. The average Bonchev–Trinajstić information content (AvgIpc) is 3.73. The van der Waals surface area contributed by atoms with Gasteiger partial charge in [-0.1, -0.05) is 48.0 Å². The molecular weight excluding hydrogens is 604 g/mol. The molecule has 0 bridgehead atoms. The largest absolute Gasteiger partial charge is 0.342 e. The van der Waals surface area contributed by atoms with E-state index in [1.165, 1.54) is 23.7 Å². The maximum atomic E-state index is 15.9. The SMILES string of the molecule is CC(=O)c1nn(CC(=O)N2C[C@H](F)C[C@H]2C(=O)Nc2cccc(-c3ccc4[nH]c(CCCN)nc4c3Cl)c2F)c2ccccc12. The minimum Gasteiger partial charge on any atom is -0.342 e. The number of nitrogens with two attached hydrogens (primary N) is 1. The molecule has 0 saturated carbocycles. The first kappa shape index (κ1) is 30.4. The molecule has 3 heterocycles. The summed E-state index contributed by atoms with van der Waals surface area (Å²) in [7, 11) is 0. The van der Waals surface area contributed by atoms with Crippen molar-refractivity contribution in [2.45, 2.75) is 44.9 Å². The normalized spacial score (nSPS) is 16.5. The summed E-state index contributed by atoms with van der Waals surface area (Å²) in [5, 5.41) is 7.68. The van der Waals surface area contributed by atoms with E-state index < -0.39 is 29.8 Å². The topological polar surface area (TPSA) is 139 Å². The Kier molecular flexibility index (Phi) is 8.34. The first-order valence-corrected chi connectivity index (χ1v) is 14.9. The third kappa shape index (κ3) is 5.78. The number of aromatic nitrogens is 4. The number of hydrogen-bond acceptors (Lipinski definition) is 6. The number of Topliss-reactive ketones (excluding diaryl/α,β-unsaturated/α-hetero) is 1. The monoisotopic (exact) mass is 633 g/mol. The lowest BCUT2D eigenvalue weighted by molar-refractivity contribution is -0.137. The molecule has 6 rings (SSSR count). The first-order valence-electron chi connectivity index (χ1n) is 14.5. The number of benzene rings is 3. The second-order valence-electron chi connectivity index (χ2n) is 11.0. The Hall–Kier alpha value is -4.68. The molecule has 0 aliphatic carbocycles. The number of carbonyl (C=O) groups excluding carboxylic acids is 3. The van der Waals surface area contributed by atoms with Crippen LogP contribution in [0.3, 0.4) is 0 Å². The van der Waals surface area contributed by atoms with Crippen LogP contribution in [0.1, 0.15) is 36.1 Å². The smallest absolute Gasteiger partial charge is 0.247 e. The van der Waals surface area contributed by atoms with E-state index in [4.69, 9.17) is 17.3 Å². The number of nitrogens with one attached hydrogen (secondary N) is 2. The van der Waals surface area contributed by atoms with Crippen LogP contribution in [0.25, 0.3) is 33.1 Å². The van der Waals surface area contributed by atoms with Crippen molar-refractivity contribution in [3.8, 4) is 11.1 Å². The number of imidazole rings is 1. The molecule has 1 aliphatic heterocycles. The number of rotatable bonds is 9. The van der Waals surface area contributed by atoms with E-state index in [9.17, 15) is 18.8 Å². The van der Waals surface area contributed by atoms with Crippen molar-refractivity contribution in [2.75, 3.05) is 18.4 Å². The molecule has 0 unspecified atom stereocenters. The van der Waals surface area contributed by atoms with Gasteiger partial charge in [0, 0.05) is 36.3 Å². The summed E-state index contributed by atoms with van der Waals surface area (Å²) in [6.45, 7) is 1.29. The Morgan fingerprint density at radius 2 is 1.91 bits per heavy atom. The van der Waals surface area contributed by atoms with Crippen LogP contribution in [0, 0.1) is 5.82 Å². The summed E-state index contributed by atoms with van der Waals surface area (Å²) in [5.41, 5.74) is 7.95. The van der Waals surface area contributed by atoms with E-state index in [0.29, 0.717) is 40.5 Å². The standard InChI is InChI=1S/C32H30ClF2N7O3/c1-17(43)30-21-6-2-3-9-24(21)42(40-30)16-27(44)41-15-18(34)14-25(41)32(45)38-22-8-4-7-20(29(22)35)19-11-12-23-31(28(19)33)39-26(37-23)10-5-13-36/h2-4,6-9,11-12,18,25H,5,10,13-16,36H2,1H3,(H,37,39)(H,38,45)/t18-,25+/m1/s1. The molecule has 5 aromatic rings. The molecule has 13 heteroatoms. The highest BCUT2D eigenvalue weighted by Gasteiger charge is 2.40. The lowest BCUT2D eigenvalue weighted by atomic mass is 10.0. The number of carbonyl (C=O) groups is 3. The molecule has 2 atom stereocenters. The second-order valence-corrected chi connectivity index (χ2v) is 11.4. The lowest BCUT2D eigenvalue weighted by Gasteiger charge is -2.24. The number of hydrogen-bond donors (Lipinski definition) is 3. The van der Waals surface area contributed by atoms with Crippen molar-refractivity contribution in [1.29, 1.82) is 0 Å². The zero-order valence-electron chi connectivity index (χ0n) is 24.3. The number of nitrogens with zero attached hydrogens (tertiary/aromatic N) is 4. The van der Waals surface area contributed by atoms with Crippen molar-refractivity contribution < 1.29 is 23.2 Å². The number of likely N-dealkylation sites (tertiary alicyclic amines) is 1. The average molecular weight is 634 g/mol. The van der Waals surface area contributed by atoms with Gasteiger partial charge >= 0.3 is 0 Å². The minimum atomic E-state index is -1.45. The van der Waals surface area contributed by atoms with Gasteiger partial charge in [-0.25, -0.2) is 13.8 Å². The Morgan fingerprint density at radius 3 is 2.69 bits per heavy atom. The van der Waals surface area contributed by atoms with Crippen molar-refractivity contribution in [3.05, 3.63) is 77.0 Å². The van der Waals surface area contributed by atoms with E-state index in [2.05, 4.69) is 20.4 Å². The van der Waals surface area contributed by atoms with E-state index in [1.54, 1.807) is 42.5 Å². The molecule has 2 amide bonds. The molecule has 0 radical (unpaired) electrons. The molecular formula is C32H30ClF2N7O3. The van der Waals surface area contributed by atoms with Gasteiger partial charge in [0.05, 0.1) is 28.3 Å². The van der Waals surface area contributed by atoms with E-state index in [1.807, 2.05) is 0 Å². The van der Waals surface area contributed by atoms with Gasteiger partial charge in [0.1, 0.15) is 35.8 Å². The Balaban J connectivity index is 1.23. The van der Waals surface area contributed by atoms with Crippen LogP contribution >= 0.6 is 11.6 Å². The third-order valence-corrected chi connectivity index (χ3v) is 8.34. The lowest BCUT2D eigenvalue weighted by Crippen LogP contribution is -2.44. The highest BCUT2D eigenvalue weighted by Crippen LogP contribution is 2.37. The van der Waals surface area contributed by atoms with Gasteiger partial charge in [-0.05, 0) is 31.2 Å². The summed E-state index contributed by atoms with van der Waals surface area (Å²) in [6.07, 6.45) is -0.303. The summed E-state index contributed by atoms with van der Waals surface area (Å²) in [5.74, 6) is -1.57. The van der Waals surface area contributed by atoms with Crippen LogP contribution in [0.2, 0.25) is 5.02 Å². The Labute approximate surface area is 261 Å². The number of aryl methyl sites for hydroxylation is 1. The van der Waals surface area contributed by atoms with Crippen molar-refractivity contribution in [2.24, 2.45) is 5.73 Å². The number of anilines is 1. The van der Waals surface area contributed by atoms with Gasteiger partial charge in [-0.3, -0.25) is 19.1 Å². The molecule has 3 aromatic carbocycles. The quantitative estimate of drug-likeness (QED) is 0.194. The number of H-pyrrole nitrogens is 1. The fourth-order valence-corrected chi connectivity index (χ4v) is 6.09. The van der Waals surface area contributed by atoms with Crippen molar-refractivity contribution in [3.63, 3.8) is 0 Å². The number of amides is 2. The first-order chi connectivity index (χ1) is 21.7. The van der Waals surface area contributed by atoms with Crippen LogP contribution < -0.4 is 11.1 Å². The number of ketones is 1. The van der Waals surface area contributed by atoms with Crippen LogP contribution in [-0.2, 0) is 22.6 Å². The minimum absolute atomic E-state index is 0.140. The number of para-hydroxylation sites is 1. The molecule has 45 heavy (non-hydrogen) atoms. The van der Waals surface area contributed by atoms with Crippen LogP contribution in [-0.4, -0.2) is 67.5 Å². The predicted molar refractivity (Wildman–Crippen MR) is 167 cm³/mol. The molecule has 4 N–H and O–H groups in total. The summed E-state index contributed by atoms with van der Waals surface area (Å²) < 4.78 is 31.9. The van der Waals surface area contributed by atoms with Crippen molar-refractivity contribution in [1.82, 2.24) is 24.6 Å². The predicted octanol–water partition coefficient (Wildman–Crippen LogP) is 5.04. The number of fused-ring (bicyclic) bond motifs is 2. The zero-order chi connectivity index (χ0) is 31.8.